The lowest BCUT2D eigenvalue weighted by Gasteiger charge is -2.46. The molecule has 25 heavy (non-hydrogen) atoms. The van der Waals surface area contributed by atoms with Crippen molar-refractivity contribution in [1.29, 1.82) is 0 Å². The molecule has 2 aliphatic heterocycles. The van der Waals surface area contributed by atoms with Gasteiger partial charge in [-0.05, 0) is 12.8 Å². The minimum Gasteiger partial charge on any atom is -0.381 e. The number of guanidine groups is 1. The van der Waals surface area contributed by atoms with Crippen molar-refractivity contribution < 1.29 is 9.47 Å². The van der Waals surface area contributed by atoms with Gasteiger partial charge in [-0.1, -0.05) is 19.3 Å². The van der Waals surface area contributed by atoms with Gasteiger partial charge in [0.2, 0.25) is 0 Å². The minimum absolute atomic E-state index is 0. The van der Waals surface area contributed by atoms with Crippen LogP contribution in [-0.4, -0.2) is 74.0 Å². The summed E-state index contributed by atoms with van der Waals surface area (Å²) in [5.41, 5.74) is -0.110. The zero-order chi connectivity index (χ0) is 16.9. The number of ether oxygens (including phenoxy) is 2. The molecule has 5 nitrogen and oxygen atoms in total. The number of nitrogens with one attached hydrogen (secondary N) is 1. The monoisotopic (exact) mass is 483 g/mol. The Labute approximate surface area is 174 Å². The summed E-state index contributed by atoms with van der Waals surface area (Å²) in [4.78, 5) is 7.05. The van der Waals surface area contributed by atoms with Crippen molar-refractivity contribution >= 4 is 41.7 Å². The molecule has 1 saturated carbocycles. The molecule has 0 aromatic rings. The van der Waals surface area contributed by atoms with Crippen molar-refractivity contribution in [3.8, 4) is 0 Å². The molecular weight excluding hydrogens is 449 g/mol. The molecule has 0 aromatic heterocycles. The predicted octanol–water partition coefficient (Wildman–Crippen LogP) is 3.13. The van der Waals surface area contributed by atoms with E-state index in [4.69, 9.17) is 9.47 Å². The SMILES string of the molecule is CN=C(NCC1(OC)CCOCC1)N1CCSC2(CCCCC2)C1.I. The fraction of sp³-hybridized carbons (Fsp3) is 0.944. The number of methoxy groups -OCH3 is 1. The van der Waals surface area contributed by atoms with E-state index in [1.807, 2.05) is 14.2 Å². The molecule has 1 spiro atoms. The number of thioether (sulfide) groups is 1. The Morgan fingerprint density at radius 2 is 1.92 bits per heavy atom. The lowest BCUT2D eigenvalue weighted by molar-refractivity contribution is -0.0857. The van der Waals surface area contributed by atoms with E-state index in [-0.39, 0.29) is 29.6 Å². The molecule has 2 heterocycles. The molecule has 3 rings (SSSR count). The van der Waals surface area contributed by atoms with Gasteiger partial charge in [-0.15, -0.1) is 24.0 Å². The summed E-state index contributed by atoms with van der Waals surface area (Å²) < 4.78 is 11.8. The van der Waals surface area contributed by atoms with Crippen molar-refractivity contribution in [3.05, 3.63) is 0 Å². The summed E-state index contributed by atoms with van der Waals surface area (Å²) >= 11 is 2.20. The summed E-state index contributed by atoms with van der Waals surface area (Å²) in [6, 6.07) is 0. The van der Waals surface area contributed by atoms with Crippen LogP contribution in [0.25, 0.3) is 0 Å². The molecule has 7 heteroatoms. The highest BCUT2D eigenvalue weighted by molar-refractivity contribution is 14.0. The fourth-order valence-electron chi connectivity index (χ4n) is 4.29. The Kier molecular flexibility index (Phi) is 8.62. The smallest absolute Gasteiger partial charge is 0.193 e. The third-order valence-electron chi connectivity index (χ3n) is 5.93. The maximum atomic E-state index is 5.85. The number of rotatable bonds is 3. The van der Waals surface area contributed by atoms with Gasteiger partial charge in [0.25, 0.3) is 0 Å². The Morgan fingerprint density at radius 3 is 2.56 bits per heavy atom. The van der Waals surface area contributed by atoms with Crippen LogP contribution in [0.4, 0.5) is 0 Å². The first kappa shape index (κ1) is 21.6. The largest absolute Gasteiger partial charge is 0.381 e. The van der Waals surface area contributed by atoms with Gasteiger partial charge in [0.15, 0.2) is 5.96 Å². The zero-order valence-electron chi connectivity index (χ0n) is 15.7. The van der Waals surface area contributed by atoms with Crippen LogP contribution >= 0.6 is 35.7 Å². The standard InChI is InChI=1S/C18H33N3O2S.HI/c1-19-16(20-14-17(22-2)8-11-23-12-9-17)21-10-13-24-18(15-21)6-4-3-5-7-18;/h3-15H2,1-2H3,(H,19,20);1H. The van der Waals surface area contributed by atoms with E-state index in [2.05, 4.69) is 27.0 Å². The van der Waals surface area contributed by atoms with Crippen LogP contribution in [-0.2, 0) is 9.47 Å². The number of hydrogen-bond acceptors (Lipinski definition) is 4. The second kappa shape index (κ2) is 9.99. The van der Waals surface area contributed by atoms with Gasteiger partial charge in [0.05, 0.1) is 5.60 Å². The topological polar surface area (TPSA) is 46.1 Å². The third kappa shape index (κ3) is 5.39. The summed E-state index contributed by atoms with van der Waals surface area (Å²) in [7, 11) is 3.73. The van der Waals surface area contributed by atoms with Crippen LogP contribution in [0.2, 0.25) is 0 Å². The summed E-state index contributed by atoms with van der Waals surface area (Å²) in [6.45, 7) is 4.63. The van der Waals surface area contributed by atoms with Crippen molar-refractivity contribution in [2.75, 3.05) is 52.8 Å². The Balaban J connectivity index is 0.00000225. The molecule has 146 valence electrons. The van der Waals surface area contributed by atoms with Crippen molar-refractivity contribution in [2.45, 2.75) is 55.3 Å². The average molecular weight is 483 g/mol. The first-order chi connectivity index (χ1) is 11.7. The second-order valence-corrected chi connectivity index (χ2v) is 8.98. The van der Waals surface area contributed by atoms with Gasteiger partial charge in [0, 0.05) is 70.3 Å². The highest BCUT2D eigenvalue weighted by Crippen LogP contribution is 2.42. The summed E-state index contributed by atoms with van der Waals surface area (Å²) in [5.74, 6) is 2.26. The van der Waals surface area contributed by atoms with E-state index < -0.39 is 0 Å². The molecule has 1 N–H and O–H groups in total. The van der Waals surface area contributed by atoms with Crippen LogP contribution in [0.3, 0.4) is 0 Å². The Morgan fingerprint density at radius 1 is 1.20 bits per heavy atom. The van der Waals surface area contributed by atoms with Crippen LogP contribution in [0.15, 0.2) is 4.99 Å². The van der Waals surface area contributed by atoms with Gasteiger partial charge in [-0.25, -0.2) is 0 Å². The fourth-order valence-corrected chi connectivity index (χ4v) is 5.86. The van der Waals surface area contributed by atoms with E-state index in [1.54, 1.807) is 0 Å². The number of halogens is 1. The summed E-state index contributed by atoms with van der Waals surface area (Å²) in [5, 5.41) is 3.61. The second-order valence-electron chi connectivity index (χ2n) is 7.41. The molecule has 0 radical (unpaired) electrons. The lowest BCUT2D eigenvalue weighted by Crippen LogP contribution is -2.56. The number of nitrogens with zero attached hydrogens (tertiary/aromatic N) is 2. The van der Waals surface area contributed by atoms with Crippen LogP contribution in [0, 0.1) is 0 Å². The first-order valence-corrected chi connectivity index (χ1v) is 10.4. The molecule has 2 saturated heterocycles. The van der Waals surface area contributed by atoms with Gasteiger partial charge in [0.1, 0.15) is 0 Å². The molecule has 3 aliphatic rings. The maximum Gasteiger partial charge on any atom is 0.193 e. The van der Waals surface area contributed by atoms with Crippen molar-refractivity contribution in [1.82, 2.24) is 10.2 Å². The van der Waals surface area contributed by atoms with Crippen LogP contribution in [0.5, 0.6) is 0 Å². The van der Waals surface area contributed by atoms with E-state index in [9.17, 15) is 0 Å². The molecule has 0 atom stereocenters. The Hall–Kier alpha value is 0.270. The number of aliphatic imine (C=N–C) groups is 1. The van der Waals surface area contributed by atoms with E-state index in [1.165, 1.54) is 37.9 Å². The molecule has 0 aromatic carbocycles. The normalized spacial score (nSPS) is 26.2. The zero-order valence-corrected chi connectivity index (χ0v) is 18.9. The van der Waals surface area contributed by atoms with Gasteiger partial charge in [-0.2, -0.15) is 11.8 Å². The molecule has 3 fully saturated rings. The first-order valence-electron chi connectivity index (χ1n) is 9.43. The summed E-state index contributed by atoms with van der Waals surface area (Å²) in [6.07, 6.45) is 8.82. The molecule has 1 aliphatic carbocycles. The Bertz CT molecular complexity index is 433. The van der Waals surface area contributed by atoms with E-state index >= 15 is 0 Å². The van der Waals surface area contributed by atoms with Crippen molar-refractivity contribution in [2.24, 2.45) is 4.99 Å². The molecule has 0 bridgehead atoms. The predicted molar refractivity (Wildman–Crippen MR) is 116 cm³/mol. The quantitative estimate of drug-likeness (QED) is 0.380. The van der Waals surface area contributed by atoms with Crippen LogP contribution < -0.4 is 5.32 Å². The van der Waals surface area contributed by atoms with E-state index in [0.717, 1.165) is 51.6 Å². The van der Waals surface area contributed by atoms with Crippen LogP contribution in [0.1, 0.15) is 44.9 Å². The average Bonchev–Trinajstić information content (AvgIpc) is 2.64. The van der Waals surface area contributed by atoms with E-state index in [0.29, 0.717) is 4.75 Å². The lowest BCUT2D eigenvalue weighted by atomic mass is 9.87. The third-order valence-corrected chi connectivity index (χ3v) is 7.47. The molecule has 0 unspecified atom stereocenters. The van der Waals surface area contributed by atoms with Gasteiger partial charge in [-0.3, -0.25) is 4.99 Å². The molecule has 0 amide bonds. The molecular formula is C18H34IN3O2S. The minimum atomic E-state index is -0.110. The maximum absolute atomic E-state index is 5.85. The van der Waals surface area contributed by atoms with Gasteiger partial charge >= 0.3 is 0 Å². The highest BCUT2D eigenvalue weighted by atomic mass is 127. The van der Waals surface area contributed by atoms with Gasteiger partial charge < -0.3 is 19.7 Å². The van der Waals surface area contributed by atoms with Crippen molar-refractivity contribution in [3.63, 3.8) is 0 Å². The number of hydrogen-bond donors (Lipinski definition) is 1. The highest BCUT2D eigenvalue weighted by Gasteiger charge is 2.39.